The van der Waals surface area contributed by atoms with E-state index in [1.54, 1.807) is 24.3 Å². The van der Waals surface area contributed by atoms with E-state index in [0.717, 1.165) is 29.2 Å². The Morgan fingerprint density at radius 3 is 1.54 bits per heavy atom. The van der Waals surface area contributed by atoms with E-state index in [1.807, 2.05) is 0 Å². The van der Waals surface area contributed by atoms with Crippen LogP contribution in [0.25, 0.3) is 0 Å². The lowest BCUT2D eigenvalue weighted by atomic mass is 10.1. The summed E-state index contributed by atoms with van der Waals surface area (Å²) in [4.78, 5) is 67.7. The molecule has 1 fully saturated rings. The fourth-order valence-corrected chi connectivity index (χ4v) is 5.22. The maximum Gasteiger partial charge on any atom is 0.420 e. The minimum atomic E-state index is -2.86. The van der Waals surface area contributed by atoms with Crippen LogP contribution in [-0.4, -0.2) is 105 Å². The van der Waals surface area contributed by atoms with Gasteiger partial charge < -0.3 is 48.1 Å². The summed E-state index contributed by atoms with van der Waals surface area (Å²) in [5, 5.41) is 0. The Morgan fingerprint density at radius 2 is 1.10 bits per heavy atom. The van der Waals surface area contributed by atoms with Crippen LogP contribution in [-0.2, 0) is 49.5 Å². The molecule has 0 bridgehead atoms. The Morgan fingerprint density at radius 1 is 0.667 bits per heavy atom. The van der Waals surface area contributed by atoms with Crippen LogP contribution in [0.2, 0.25) is 0 Å². The Hall–Kier alpha value is -5.65. The van der Waals surface area contributed by atoms with Crippen LogP contribution >= 0.6 is 0 Å². The van der Waals surface area contributed by atoms with Crippen LogP contribution in [0.15, 0.2) is 60.7 Å². The maximum absolute atomic E-state index is 13.3. The number of fused-ring (bicyclic) bond motifs is 1. The highest BCUT2D eigenvalue weighted by Crippen LogP contribution is 2.46. The summed E-state index contributed by atoms with van der Waals surface area (Å²) in [6.45, 7) is -1.19. The third-order valence-electron chi connectivity index (χ3n) is 7.25. The van der Waals surface area contributed by atoms with Crippen LogP contribution < -0.4 is 23.7 Å². The molecule has 48 heavy (non-hydrogen) atoms. The Balaban J connectivity index is 0.00000520. The number of esters is 5. The second-order valence-corrected chi connectivity index (χ2v) is 10.0. The van der Waals surface area contributed by atoms with Gasteiger partial charge in [-0.25, -0.2) is 29.0 Å². The zero-order chi connectivity index (χ0) is 33.8. The van der Waals surface area contributed by atoms with E-state index in [9.17, 15) is 24.0 Å². The number of nitrogens with zero attached hydrogens (tertiary/aromatic N) is 2. The number of hydrogen-bond acceptors (Lipinski definition) is 16. The number of hydrogen-bond donors (Lipinski definition) is 0. The van der Waals surface area contributed by atoms with Crippen molar-refractivity contribution in [3.05, 3.63) is 66.3 Å². The fourth-order valence-electron chi connectivity index (χ4n) is 5.22. The molecule has 17 heteroatoms. The van der Waals surface area contributed by atoms with E-state index < -0.39 is 48.2 Å². The molecule has 0 unspecified atom stereocenters. The molecule has 0 aliphatic carbocycles. The summed E-state index contributed by atoms with van der Waals surface area (Å²) in [7, 11) is 5.74. The van der Waals surface area contributed by atoms with Gasteiger partial charge >= 0.3 is 41.7 Å². The summed E-state index contributed by atoms with van der Waals surface area (Å²) in [5.74, 6) is -9.55. The normalized spacial score (nSPS) is 18.3. The molecule has 2 aromatic carbocycles. The monoisotopic (exact) mass is 672 g/mol. The molecule has 2 N–H and O–H groups in total. The molecule has 0 aromatic heterocycles. The third-order valence-corrected chi connectivity index (χ3v) is 7.25. The Labute approximate surface area is 273 Å². The number of rotatable bonds is 9. The minimum absolute atomic E-state index is 0. The first kappa shape index (κ1) is 35.2. The summed E-state index contributed by atoms with van der Waals surface area (Å²) in [5.41, 5.74) is 0.454. The molecule has 0 saturated carbocycles. The van der Waals surface area contributed by atoms with Crippen molar-refractivity contribution in [3.63, 3.8) is 0 Å². The lowest BCUT2D eigenvalue weighted by Crippen LogP contribution is -2.80. The zero-order valence-corrected chi connectivity index (χ0v) is 26.2. The second kappa shape index (κ2) is 14.4. The second-order valence-electron chi connectivity index (χ2n) is 10.0. The predicted octanol–water partition coefficient (Wildman–Crippen LogP) is 0.240. The number of piperazine rings is 1. The van der Waals surface area contributed by atoms with Crippen LogP contribution in [0.1, 0.15) is 5.56 Å². The molecule has 2 spiro atoms. The summed E-state index contributed by atoms with van der Waals surface area (Å²) in [6.07, 6.45) is 3.13. The van der Waals surface area contributed by atoms with E-state index >= 15 is 0 Å². The molecule has 0 radical (unpaired) electrons. The highest BCUT2D eigenvalue weighted by atomic mass is 16.8. The van der Waals surface area contributed by atoms with Crippen molar-refractivity contribution in [1.82, 2.24) is 9.80 Å². The summed E-state index contributed by atoms with van der Waals surface area (Å²) in [6, 6.07) is 9.29. The largest absolute Gasteiger partial charge is 0.497 e. The fraction of sp³-hybridized carbons (Fsp3) is 0.323. The molecule has 0 amide bonds. The smallest absolute Gasteiger partial charge is 0.420 e. The van der Waals surface area contributed by atoms with Crippen molar-refractivity contribution in [2.24, 2.45) is 0 Å². The van der Waals surface area contributed by atoms with E-state index in [2.05, 4.69) is 0 Å². The molecular formula is C31H32N2O15. The van der Waals surface area contributed by atoms with Crippen molar-refractivity contribution < 1.29 is 72.1 Å². The van der Waals surface area contributed by atoms with Crippen molar-refractivity contribution in [3.8, 4) is 28.7 Å². The van der Waals surface area contributed by atoms with E-state index in [1.165, 1.54) is 45.5 Å². The standard InChI is InChI=1S/C31H30N2O14.H2O/c1-39-20-5-7-21(8-6-20)43-28(38)18-33-14-13-32(17-19-15-22(40-2)29(42-4)23(16-19)41-3)30(44-24(34)9-10-25(35)45-30)31(33)46-26(36)11-12-27(37)47-31;/h5-12,15-16H,13-14,17-18H2,1-4H3;1H2. The quantitative estimate of drug-likeness (QED) is 0.258. The number of carbonyl (C=O) groups excluding carboxylic acids is 5. The van der Waals surface area contributed by atoms with Gasteiger partial charge in [-0.2, -0.15) is 0 Å². The van der Waals surface area contributed by atoms with Crippen molar-refractivity contribution in [2.75, 3.05) is 48.1 Å². The molecule has 256 valence electrons. The topological polar surface area (TPSA) is 206 Å². The maximum atomic E-state index is 13.3. The third kappa shape index (κ3) is 6.73. The zero-order valence-electron chi connectivity index (χ0n) is 26.2. The van der Waals surface area contributed by atoms with Gasteiger partial charge in [-0.3, -0.25) is 4.79 Å². The van der Waals surface area contributed by atoms with E-state index in [0.29, 0.717) is 17.1 Å². The van der Waals surface area contributed by atoms with Gasteiger partial charge in [0.1, 0.15) is 18.0 Å². The van der Waals surface area contributed by atoms with Crippen molar-refractivity contribution in [1.29, 1.82) is 0 Å². The molecule has 3 heterocycles. The van der Waals surface area contributed by atoms with Gasteiger partial charge in [0.15, 0.2) is 11.5 Å². The molecule has 3 aliphatic heterocycles. The van der Waals surface area contributed by atoms with E-state index in [-0.39, 0.29) is 42.4 Å². The molecule has 1 saturated heterocycles. The number of carbonyl (C=O) groups is 5. The van der Waals surface area contributed by atoms with Gasteiger partial charge in [0.2, 0.25) is 5.75 Å². The van der Waals surface area contributed by atoms with Gasteiger partial charge in [0.25, 0.3) is 0 Å². The number of methoxy groups -OCH3 is 4. The Kier molecular flexibility index (Phi) is 10.6. The number of benzene rings is 2. The van der Waals surface area contributed by atoms with Crippen molar-refractivity contribution in [2.45, 2.75) is 18.4 Å². The average Bonchev–Trinajstić information content (AvgIpc) is 3.31. The van der Waals surface area contributed by atoms with Crippen molar-refractivity contribution >= 4 is 29.8 Å². The lowest BCUT2D eigenvalue weighted by molar-refractivity contribution is -0.463. The van der Waals surface area contributed by atoms with E-state index in [4.69, 9.17) is 42.6 Å². The van der Waals surface area contributed by atoms with Gasteiger partial charge in [-0.05, 0) is 42.0 Å². The predicted molar refractivity (Wildman–Crippen MR) is 158 cm³/mol. The number of ether oxygens (including phenoxy) is 9. The lowest BCUT2D eigenvalue weighted by Gasteiger charge is -2.55. The first-order valence-corrected chi connectivity index (χ1v) is 14.0. The van der Waals surface area contributed by atoms with Gasteiger partial charge in [0, 0.05) is 43.9 Å². The summed E-state index contributed by atoms with van der Waals surface area (Å²) < 4.78 is 49.7. The molecule has 3 aliphatic rings. The first-order valence-electron chi connectivity index (χ1n) is 14.0. The first-order chi connectivity index (χ1) is 22.6. The van der Waals surface area contributed by atoms with Crippen LogP contribution in [0.5, 0.6) is 28.7 Å². The molecular weight excluding hydrogens is 640 g/mol. The SMILES string of the molecule is COc1ccc(OC(=O)CN2CCN(Cc3cc(OC)c(OC)c(OC)c3)C3(OC(=O)C=CC(=O)O3)C23OC(=O)C=CC(=O)O3)cc1.O. The molecule has 2 aromatic rings. The highest BCUT2D eigenvalue weighted by Gasteiger charge is 2.74. The van der Waals surface area contributed by atoms with Gasteiger partial charge in [0.05, 0.1) is 28.4 Å². The van der Waals surface area contributed by atoms with Crippen LogP contribution in [0, 0.1) is 0 Å². The van der Waals surface area contributed by atoms with Gasteiger partial charge in [-0.15, -0.1) is 0 Å². The van der Waals surface area contributed by atoms with Crippen LogP contribution in [0.4, 0.5) is 0 Å². The average molecular weight is 673 g/mol. The molecule has 17 nitrogen and oxygen atoms in total. The highest BCUT2D eigenvalue weighted by molar-refractivity contribution is 5.95. The Bertz CT molecular complexity index is 1570. The minimum Gasteiger partial charge on any atom is -0.497 e. The summed E-state index contributed by atoms with van der Waals surface area (Å²) >= 11 is 0. The van der Waals surface area contributed by atoms with Gasteiger partial charge in [-0.1, -0.05) is 0 Å². The molecule has 5 rings (SSSR count). The molecule has 0 atom stereocenters. The van der Waals surface area contributed by atoms with Crippen LogP contribution in [0.3, 0.4) is 0 Å².